The first-order chi connectivity index (χ1) is 10.2. The van der Waals surface area contributed by atoms with Crippen LogP contribution in [0, 0.1) is 0 Å². The van der Waals surface area contributed by atoms with E-state index in [4.69, 9.17) is 0 Å². The molecule has 0 unspecified atom stereocenters. The number of rotatable bonds is 1. The van der Waals surface area contributed by atoms with Gasteiger partial charge in [0, 0.05) is 0 Å². The Kier molecular flexibility index (Phi) is 5.56. The largest absolute Gasteiger partial charge is 0.416 e. The number of hydrazine groups is 1. The molecule has 0 fully saturated rings. The normalized spacial score (nSPS) is 11.6. The minimum atomic E-state index is -4.43. The Morgan fingerprint density at radius 3 is 0.909 bits per heavy atom. The van der Waals surface area contributed by atoms with Gasteiger partial charge in [-0.2, -0.15) is 26.3 Å². The molecule has 0 aliphatic carbocycles. The van der Waals surface area contributed by atoms with Gasteiger partial charge in [0.05, 0.1) is 11.1 Å². The van der Waals surface area contributed by atoms with Gasteiger partial charge in [-0.1, -0.05) is 24.3 Å². The van der Waals surface area contributed by atoms with Crippen LogP contribution in [0.25, 0.3) is 11.1 Å². The van der Waals surface area contributed by atoms with E-state index in [1.807, 2.05) is 0 Å². The maximum atomic E-state index is 12.4. The van der Waals surface area contributed by atoms with Crippen LogP contribution in [0.4, 0.5) is 26.3 Å². The first kappa shape index (κ1) is 18.0. The molecule has 22 heavy (non-hydrogen) atoms. The summed E-state index contributed by atoms with van der Waals surface area (Å²) in [6.07, 6.45) is -8.86. The fourth-order valence-corrected chi connectivity index (χ4v) is 1.70. The van der Waals surface area contributed by atoms with Crippen LogP contribution < -0.4 is 11.7 Å². The molecule has 0 heterocycles. The SMILES string of the molecule is FC(F)(F)c1ccc(-c2ccc(C(F)(F)F)cc2)cc1.NN. The molecule has 8 heteroatoms. The average molecular weight is 322 g/mol. The summed E-state index contributed by atoms with van der Waals surface area (Å²) < 4.78 is 74.3. The smallest absolute Gasteiger partial charge is 0.274 e. The second-order valence-electron chi connectivity index (χ2n) is 4.15. The van der Waals surface area contributed by atoms with E-state index in [-0.39, 0.29) is 0 Å². The van der Waals surface area contributed by atoms with Crippen molar-refractivity contribution in [2.75, 3.05) is 0 Å². The van der Waals surface area contributed by atoms with E-state index in [9.17, 15) is 26.3 Å². The van der Waals surface area contributed by atoms with E-state index in [1.165, 1.54) is 24.3 Å². The summed E-state index contributed by atoms with van der Waals surface area (Å²) in [6, 6.07) is 8.49. The molecule has 2 rings (SSSR count). The van der Waals surface area contributed by atoms with Crippen molar-refractivity contribution in [3.8, 4) is 11.1 Å². The first-order valence-electron chi connectivity index (χ1n) is 5.86. The van der Waals surface area contributed by atoms with Gasteiger partial charge >= 0.3 is 12.4 Å². The van der Waals surface area contributed by atoms with Crippen molar-refractivity contribution in [1.82, 2.24) is 0 Å². The standard InChI is InChI=1S/C14H8F6.H4N2/c15-13(16,17)11-5-1-9(2-6-11)10-3-7-12(8-4-10)14(18,19)20;1-2/h1-8H;1-2H2. The highest BCUT2D eigenvalue weighted by Gasteiger charge is 2.31. The third-order valence-corrected chi connectivity index (χ3v) is 2.76. The molecular formula is C14H12F6N2. The summed E-state index contributed by atoms with van der Waals surface area (Å²) in [5.41, 5.74) is -0.750. The van der Waals surface area contributed by atoms with Gasteiger partial charge in [0.25, 0.3) is 0 Å². The zero-order chi connectivity index (χ0) is 17.0. The van der Waals surface area contributed by atoms with Gasteiger partial charge < -0.3 is 0 Å². The van der Waals surface area contributed by atoms with Crippen LogP contribution in [-0.4, -0.2) is 0 Å². The molecular weight excluding hydrogens is 310 g/mol. The van der Waals surface area contributed by atoms with E-state index in [1.54, 1.807) is 0 Å². The molecule has 0 atom stereocenters. The fourth-order valence-electron chi connectivity index (χ4n) is 1.70. The summed E-state index contributed by atoms with van der Waals surface area (Å²) in [4.78, 5) is 0. The summed E-state index contributed by atoms with van der Waals surface area (Å²) in [6.45, 7) is 0. The van der Waals surface area contributed by atoms with Gasteiger partial charge in [-0.15, -0.1) is 0 Å². The third-order valence-electron chi connectivity index (χ3n) is 2.76. The van der Waals surface area contributed by atoms with Crippen LogP contribution in [0.2, 0.25) is 0 Å². The van der Waals surface area contributed by atoms with Gasteiger partial charge in [0.1, 0.15) is 0 Å². The molecule has 2 nitrogen and oxygen atoms in total. The Balaban J connectivity index is 0.00000116. The monoisotopic (exact) mass is 322 g/mol. The molecule has 0 saturated carbocycles. The van der Waals surface area contributed by atoms with Gasteiger partial charge in [-0.05, 0) is 35.4 Å². The second-order valence-corrected chi connectivity index (χ2v) is 4.15. The van der Waals surface area contributed by atoms with E-state index in [0.717, 1.165) is 24.3 Å². The van der Waals surface area contributed by atoms with Crippen LogP contribution in [-0.2, 0) is 12.4 Å². The quantitative estimate of drug-likeness (QED) is 0.469. The Morgan fingerprint density at radius 1 is 0.500 bits per heavy atom. The van der Waals surface area contributed by atoms with Gasteiger partial charge in [-0.25, -0.2) is 0 Å². The van der Waals surface area contributed by atoms with Crippen molar-refractivity contribution in [1.29, 1.82) is 0 Å². The van der Waals surface area contributed by atoms with E-state index in [0.29, 0.717) is 11.1 Å². The minimum absolute atomic E-state index is 0.423. The molecule has 0 bridgehead atoms. The number of hydrogen-bond donors (Lipinski definition) is 2. The van der Waals surface area contributed by atoms with Gasteiger partial charge in [0.15, 0.2) is 0 Å². The maximum absolute atomic E-state index is 12.4. The lowest BCUT2D eigenvalue weighted by molar-refractivity contribution is -0.138. The number of nitrogens with two attached hydrogens (primary N) is 2. The van der Waals surface area contributed by atoms with Crippen molar-refractivity contribution in [2.45, 2.75) is 12.4 Å². The first-order valence-corrected chi connectivity index (χ1v) is 5.86. The van der Waals surface area contributed by atoms with Crippen molar-refractivity contribution >= 4 is 0 Å². The predicted molar refractivity (Wildman–Crippen MR) is 70.3 cm³/mol. The van der Waals surface area contributed by atoms with Crippen LogP contribution >= 0.6 is 0 Å². The molecule has 0 aromatic heterocycles. The lowest BCUT2D eigenvalue weighted by atomic mass is 10.0. The van der Waals surface area contributed by atoms with Crippen molar-refractivity contribution in [2.24, 2.45) is 11.7 Å². The topological polar surface area (TPSA) is 52.0 Å². The highest BCUT2D eigenvalue weighted by Crippen LogP contribution is 2.33. The van der Waals surface area contributed by atoms with Gasteiger partial charge in [-0.3, -0.25) is 11.7 Å². The van der Waals surface area contributed by atoms with Crippen LogP contribution in [0.3, 0.4) is 0 Å². The molecule has 0 radical (unpaired) electrons. The predicted octanol–water partition coefficient (Wildman–Crippen LogP) is 4.21. The average Bonchev–Trinajstić information content (AvgIpc) is 2.48. The molecule has 0 saturated heterocycles. The summed E-state index contributed by atoms with van der Waals surface area (Å²) >= 11 is 0. The highest BCUT2D eigenvalue weighted by atomic mass is 19.4. The Bertz CT molecular complexity index is 529. The third kappa shape index (κ3) is 4.47. The van der Waals surface area contributed by atoms with Crippen LogP contribution in [0.1, 0.15) is 11.1 Å². The van der Waals surface area contributed by atoms with Crippen LogP contribution in [0.5, 0.6) is 0 Å². The second kappa shape index (κ2) is 6.80. The summed E-state index contributed by atoms with van der Waals surface area (Å²) in [7, 11) is 0. The fraction of sp³-hybridized carbons (Fsp3) is 0.143. The molecule has 2 aromatic carbocycles. The van der Waals surface area contributed by atoms with E-state index in [2.05, 4.69) is 11.7 Å². The lowest BCUT2D eigenvalue weighted by Crippen LogP contribution is -2.04. The van der Waals surface area contributed by atoms with E-state index < -0.39 is 23.5 Å². The molecule has 4 N–H and O–H groups in total. The lowest BCUT2D eigenvalue weighted by Gasteiger charge is -2.09. The number of alkyl halides is 6. The summed E-state index contributed by atoms with van der Waals surface area (Å²) in [5.74, 6) is 8.00. The number of hydrogen-bond acceptors (Lipinski definition) is 2. The van der Waals surface area contributed by atoms with Crippen molar-refractivity contribution in [3.05, 3.63) is 59.7 Å². The Labute approximate surface area is 122 Å². The zero-order valence-corrected chi connectivity index (χ0v) is 11.0. The highest BCUT2D eigenvalue weighted by molar-refractivity contribution is 5.64. The molecule has 0 aliphatic heterocycles. The Morgan fingerprint density at radius 2 is 0.727 bits per heavy atom. The number of benzene rings is 2. The Hall–Kier alpha value is -2.06. The van der Waals surface area contributed by atoms with Crippen molar-refractivity contribution < 1.29 is 26.3 Å². The maximum Gasteiger partial charge on any atom is 0.416 e. The number of halogens is 6. The molecule has 2 aromatic rings. The van der Waals surface area contributed by atoms with Gasteiger partial charge in [0.2, 0.25) is 0 Å². The van der Waals surface area contributed by atoms with Crippen LogP contribution in [0.15, 0.2) is 48.5 Å². The zero-order valence-electron chi connectivity index (χ0n) is 11.0. The molecule has 0 amide bonds. The van der Waals surface area contributed by atoms with E-state index >= 15 is 0 Å². The summed E-state index contributed by atoms with van der Waals surface area (Å²) in [5, 5.41) is 0. The van der Waals surface area contributed by atoms with Crippen molar-refractivity contribution in [3.63, 3.8) is 0 Å². The molecule has 0 aliphatic rings. The molecule has 120 valence electrons. The molecule has 0 spiro atoms. The minimum Gasteiger partial charge on any atom is -0.274 e.